The molecular formula is C58H61Cl2N13O7. The molecule has 5 N–H and O–H groups in total. The Morgan fingerprint density at radius 1 is 0.900 bits per heavy atom. The molecule has 414 valence electrons. The number of H-pyrrole nitrogens is 1. The highest BCUT2D eigenvalue weighted by Crippen LogP contribution is 2.55. The molecule has 8 aromatic rings. The summed E-state index contributed by atoms with van der Waals surface area (Å²) in [5.74, 6) is 0.402. The van der Waals surface area contributed by atoms with Crippen molar-refractivity contribution < 1.29 is 34.0 Å². The van der Waals surface area contributed by atoms with E-state index in [2.05, 4.69) is 52.3 Å². The Kier molecular flexibility index (Phi) is 14.9. The molecule has 4 aliphatic rings. The normalized spacial score (nSPS) is 20.0. The number of likely N-dealkylation sites (tertiary alicyclic amines) is 1. The maximum absolute atomic E-state index is 14.6. The van der Waals surface area contributed by atoms with Crippen molar-refractivity contribution in [3.8, 4) is 45.3 Å². The van der Waals surface area contributed by atoms with E-state index in [1.807, 2.05) is 75.4 Å². The SMILES string of the molecule is CO[C@@H](C)COc1nc(N2C[C@@H]3C[C@H]2CN3)c2cc(C3CC3)c(-c3c(Cl)c(Cl)cc4[nH]ncc34)c(OCc3ccc(-c4cn([C@H](C(=O)N5C[C@H](O)C[C@H]5C(=O)N[C@@H](CO)c5ccc(-c6ccnnc6)cc5)C(C)C)nn4)cc3)c2n1. The quantitative estimate of drug-likeness (QED) is 0.0523. The Bertz CT molecular complexity index is 3580. The number of rotatable bonds is 19. The zero-order valence-electron chi connectivity index (χ0n) is 44.6. The minimum atomic E-state index is -0.987. The molecule has 1 aliphatic carbocycles. The predicted octanol–water partition coefficient (Wildman–Crippen LogP) is 7.62. The third-order valence-electron chi connectivity index (χ3n) is 15.9. The Balaban J connectivity index is 0.823. The second-order valence-corrected chi connectivity index (χ2v) is 22.5. The molecule has 1 saturated carbocycles. The summed E-state index contributed by atoms with van der Waals surface area (Å²) in [4.78, 5) is 42.6. The number of aromatic amines is 1. The molecular weight excluding hydrogens is 1060 g/mol. The van der Waals surface area contributed by atoms with E-state index in [-0.39, 0.29) is 68.7 Å². The van der Waals surface area contributed by atoms with Crippen molar-refractivity contribution >= 4 is 62.6 Å². The van der Waals surface area contributed by atoms with Crippen molar-refractivity contribution in [2.75, 3.05) is 44.9 Å². The molecule has 4 aromatic heterocycles. The maximum atomic E-state index is 14.6. The van der Waals surface area contributed by atoms with E-state index in [0.717, 1.165) is 87.8 Å². The molecule has 3 saturated heterocycles. The van der Waals surface area contributed by atoms with E-state index in [4.69, 9.17) is 47.4 Å². The summed E-state index contributed by atoms with van der Waals surface area (Å²) in [5, 5.41) is 54.5. The zero-order chi connectivity index (χ0) is 55.3. The Labute approximate surface area is 471 Å². The number of halogens is 2. The lowest BCUT2D eigenvalue weighted by Crippen LogP contribution is -2.50. The summed E-state index contributed by atoms with van der Waals surface area (Å²) in [6.07, 6.45) is 8.64. The third kappa shape index (κ3) is 10.4. The number of nitrogens with zero attached hydrogens (tertiary/aromatic N) is 10. The van der Waals surface area contributed by atoms with Crippen LogP contribution in [0.25, 0.3) is 55.3 Å². The van der Waals surface area contributed by atoms with Crippen molar-refractivity contribution in [3.63, 3.8) is 0 Å². The van der Waals surface area contributed by atoms with Crippen LogP contribution in [0, 0.1) is 5.92 Å². The smallest absolute Gasteiger partial charge is 0.319 e. The molecule has 80 heavy (non-hydrogen) atoms. The van der Waals surface area contributed by atoms with Crippen molar-refractivity contribution in [2.45, 2.75) is 101 Å². The van der Waals surface area contributed by atoms with Gasteiger partial charge in [0.25, 0.3) is 0 Å². The van der Waals surface area contributed by atoms with Crippen LogP contribution in [0.2, 0.25) is 10.0 Å². The topological polar surface area (TPSA) is 244 Å². The average Bonchev–Trinajstić information content (AvgIpc) is 3.64. The maximum Gasteiger partial charge on any atom is 0.319 e. The van der Waals surface area contributed by atoms with Crippen molar-refractivity contribution in [3.05, 3.63) is 118 Å². The molecule has 0 radical (unpaired) electrons. The lowest BCUT2D eigenvalue weighted by molar-refractivity contribution is -0.142. The number of aliphatic hydroxyl groups excluding tert-OH is 2. The first kappa shape index (κ1) is 53.3. The van der Waals surface area contributed by atoms with Crippen LogP contribution in [0.3, 0.4) is 0 Å². The highest BCUT2D eigenvalue weighted by Gasteiger charge is 2.44. The van der Waals surface area contributed by atoms with E-state index < -0.39 is 30.1 Å². The van der Waals surface area contributed by atoms with Gasteiger partial charge in [-0.2, -0.15) is 25.3 Å². The number of aliphatic hydroxyl groups is 2. The number of piperazine rings is 1. The standard InChI is InChI=1S/C58H61Cl2N13O7/c1-30(2)53(57(77)72-25-40(75)18-48(72)56(76)65-47(27-74)36-13-9-33(10-14-36)37-15-16-62-63-21-37)73-26-46(69-70-73)35-7-5-32(6-8-35)29-79-54-50(49-43-23-64-68-45(43)20-44(59)51(49)60)41(34-11-12-34)19-42-52(54)66-58(80-28-31(3)78-4)67-55(42)71-24-38-17-39(71)22-61-38/h5-10,13-16,19-21,23,26,30-31,34,38-40,47-48,53,61,74-75H,11-12,17-18,22,24-25,27-29H2,1-4H3,(H,64,68)(H,65,76)/t31-,38-,39-,40+,47-,48-,53-/m0/s1. The summed E-state index contributed by atoms with van der Waals surface area (Å²) in [6, 6.07) is 19.3. The van der Waals surface area contributed by atoms with Crippen molar-refractivity contribution in [1.29, 1.82) is 0 Å². The number of β-amino-alcohol motifs (C(OH)–C–C–N with tert-alkyl or cyclic N) is 1. The van der Waals surface area contributed by atoms with Crippen LogP contribution in [-0.4, -0.2) is 143 Å². The molecule has 7 heterocycles. The number of carbonyl (C=O) groups is 2. The number of benzene rings is 4. The van der Waals surface area contributed by atoms with Crippen molar-refractivity contribution in [2.24, 2.45) is 5.92 Å². The molecule has 4 fully saturated rings. The zero-order valence-corrected chi connectivity index (χ0v) is 46.1. The van der Waals surface area contributed by atoms with E-state index in [1.165, 1.54) is 9.58 Å². The second kappa shape index (κ2) is 22.3. The van der Waals surface area contributed by atoms with Gasteiger partial charge in [-0.3, -0.25) is 14.7 Å². The largest absolute Gasteiger partial charge is 0.486 e. The number of ether oxygens (including phenoxy) is 3. The first-order chi connectivity index (χ1) is 38.8. The lowest BCUT2D eigenvalue weighted by Gasteiger charge is -2.30. The fraction of sp³-hybridized carbons (Fsp3) is 0.397. The molecule has 4 aromatic carbocycles. The summed E-state index contributed by atoms with van der Waals surface area (Å²) < 4.78 is 20.5. The van der Waals surface area contributed by atoms with Gasteiger partial charge in [0.2, 0.25) is 11.8 Å². The van der Waals surface area contributed by atoms with Gasteiger partial charge in [0, 0.05) is 78.3 Å². The summed E-state index contributed by atoms with van der Waals surface area (Å²) in [6.45, 7) is 7.33. The molecule has 0 unspecified atom stereocenters. The molecule has 22 heteroatoms. The van der Waals surface area contributed by atoms with E-state index in [0.29, 0.717) is 44.2 Å². The molecule has 3 aliphatic heterocycles. The van der Waals surface area contributed by atoms with E-state index >= 15 is 0 Å². The van der Waals surface area contributed by atoms with Gasteiger partial charge in [-0.25, -0.2) is 4.68 Å². The summed E-state index contributed by atoms with van der Waals surface area (Å²) >= 11 is 14.2. The van der Waals surface area contributed by atoms with Gasteiger partial charge in [0.1, 0.15) is 42.3 Å². The summed E-state index contributed by atoms with van der Waals surface area (Å²) in [5.41, 5.74) is 8.43. The van der Waals surface area contributed by atoms with Gasteiger partial charge in [-0.1, -0.05) is 90.8 Å². The number of hydrogen-bond acceptors (Lipinski definition) is 16. The van der Waals surface area contributed by atoms with Crippen LogP contribution in [0.1, 0.15) is 81.1 Å². The molecule has 2 bridgehead atoms. The minimum Gasteiger partial charge on any atom is -0.486 e. The molecule has 20 nitrogen and oxygen atoms in total. The van der Waals surface area contributed by atoms with Gasteiger partial charge in [0.15, 0.2) is 5.75 Å². The highest BCUT2D eigenvalue weighted by atomic mass is 35.5. The lowest BCUT2D eigenvalue weighted by atomic mass is 9.91. The van der Waals surface area contributed by atoms with Crippen LogP contribution < -0.4 is 25.0 Å². The van der Waals surface area contributed by atoms with E-state index in [9.17, 15) is 19.8 Å². The number of fused-ring (bicyclic) bond motifs is 4. The second-order valence-electron chi connectivity index (χ2n) is 21.7. The number of methoxy groups -OCH3 is 1. The van der Waals surface area contributed by atoms with E-state index in [1.54, 1.807) is 38.0 Å². The predicted molar refractivity (Wildman–Crippen MR) is 301 cm³/mol. The summed E-state index contributed by atoms with van der Waals surface area (Å²) in [7, 11) is 1.64. The number of nitrogens with one attached hydrogen (secondary N) is 3. The van der Waals surface area contributed by atoms with Crippen LogP contribution in [0.5, 0.6) is 11.8 Å². The molecule has 0 spiro atoms. The van der Waals surface area contributed by atoms with Gasteiger partial charge in [0.05, 0.1) is 65.2 Å². The van der Waals surface area contributed by atoms with Crippen LogP contribution in [0.15, 0.2) is 91.5 Å². The fourth-order valence-corrected chi connectivity index (χ4v) is 12.0. The van der Waals surface area contributed by atoms with Crippen LogP contribution >= 0.6 is 23.2 Å². The fourth-order valence-electron chi connectivity index (χ4n) is 11.5. The highest BCUT2D eigenvalue weighted by molar-refractivity contribution is 6.45. The van der Waals surface area contributed by atoms with Gasteiger partial charge in [-0.15, -0.1) is 5.10 Å². The number of amides is 2. The molecule has 2 amide bonds. The molecule has 7 atom stereocenters. The Morgan fingerprint density at radius 3 is 2.40 bits per heavy atom. The number of anilines is 1. The van der Waals surface area contributed by atoms with Gasteiger partial charge >= 0.3 is 6.01 Å². The van der Waals surface area contributed by atoms with Crippen molar-refractivity contribution in [1.82, 2.24) is 60.9 Å². The molecule has 12 rings (SSSR count). The Hall–Kier alpha value is -7.33. The first-order valence-corrected chi connectivity index (χ1v) is 27.9. The van der Waals surface area contributed by atoms with Gasteiger partial charge in [-0.05, 0) is 78.5 Å². The number of hydrogen-bond donors (Lipinski definition) is 5. The van der Waals surface area contributed by atoms with Gasteiger partial charge < -0.3 is 44.9 Å². The number of carbonyl (C=O) groups excluding carboxylic acids is 2. The average molecular weight is 1120 g/mol. The number of aromatic nitrogens is 9. The van der Waals surface area contributed by atoms with Crippen LogP contribution in [-0.2, 0) is 20.9 Å². The van der Waals surface area contributed by atoms with Crippen LogP contribution in [0.4, 0.5) is 5.82 Å². The minimum absolute atomic E-state index is 0.0368. The first-order valence-electron chi connectivity index (χ1n) is 27.1. The Morgan fingerprint density at radius 2 is 1.70 bits per heavy atom. The monoisotopic (exact) mass is 1120 g/mol. The third-order valence-corrected chi connectivity index (χ3v) is 16.7.